The summed E-state index contributed by atoms with van der Waals surface area (Å²) in [6.45, 7) is 3.79. The molecule has 0 aromatic heterocycles. The van der Waals surface area contributed by atoms with Crippen LogP contribution in [0.4, 0.5) is 0 Å². The SMILES string of the molecule is COc1ccccc1C(C)N(C)C(=O)CCS(=O)(=O)c1ccc(C)cc1. The molecule has 0 heterocycles. The second-order valence-electron chi connectivity index (χ2n) is 6.30. The Morgan fingerprint density at radius 2 is 1.73 bits per heavy atom. The molecule has 140 valence electrons. The molecular weight excluding hydrogens is 350 g/mol. The van der Waals surface area contributed by atoms with Gasteiger partial charge >= 0.3 is 0 Å². The van der Waals surface area contributed by atoms with E-state index in [0.717, 1.165) is 11.1 Å². The Morgan fingerprint density at radius 1 is 1.12 bits per heavy atom. The van der Waals surface area contributed by atoms with Crippen molar-refractivity contribution in [2.24, 2.45) is 0 Å². The highest BCUT2D eigenvalue weighted by atomic mass is 32.2. The molecule has 0 aliphatic heterocycles. The predicted octanol–water partition coefficient (Wildman–Crippen LogP) is 3.39. The molecule has 0 saturated heterocycles. The minimum atomic E-state index is -3.48. The van der Waals surface area contributed by atoms with Crippen molar-refractivity contribution in [1.29, 1.82) is 0 Å². The molecule has 26 heavy (non-hydrogen) atoms. The van der Waals surface area contributed by atoms with Crippen molar-refractivity contribution in [3.05, 3.63) is 59.7 Å². The van der Waals surface area contributed by atoms with E-state index in [1.54, 1.807) is 43.3 Å². The molecule has 2 aromatic carbocycles. The van der Waals surface area contributed by atoms with E-state index >= 15 is 0 Å². The number of methoxy groups -OCH3 is 1. The van der Waals surface area contributed by atoms with Crippen LogP contribution in [0.1, 0.15) is 30.5 Å². The first-order valence-electron chi connectivity index (χ1n) is 8.44. The van der Waals surface area contributed by atoms with Crippen LogP contribution in [0.25, 0.3) is 0 Å². The van der Waals surface area contributed by atoms with Gasteiger partial charge in [-0.2, -0.15) is 0 Å². The number of carbonyl (C=O) groups excluding carboxylic acids is 1. The van der Waals surface area contributed by atoms with Gasteiger partial charge in [0.1, 0.15) is 5.75 Å². The third kappa shape index (κ3) is 4.64. The molecule has 6 heteroatoms. The summed E-state index contributed by atoms with van der Waals surface area (Å²) in [5.74, 6) is 0.267. The first-order valence-corrected chi connectivity index (χ1v) is 10.1. The largest absolute Gasteiger partial charge is 0.496 e. The summed E-state index contributed by atoms with van der Waals surface area (Å²) in [5.41, 5.74) is 1.87. The molecule has 0 aliphatic rings. The van der Waals surface area contributed by atoms with Crippen molar-refractivity contribution in [3.63, 3.8) is 0 Å². The third-order valence-electron chi connectivity index (χ3n) is 4.53. The Kier molecular flexibility index (Phi) is 6.42. The van der Waals surface area contributed by atoms with Crippen LogP contribution in [0.2, 0.25) is 0 Å². The summed E-state index contributed by atoms with van der Waals surface area (Å²) in [4.78, 5) is 14.3. The molecule has 1 atom stereocenters. The van der Waals surface area contributed by atoms with E-state index in [1.165, 1.54) is 0 Å². The standard InChI is InChI=1S/C20H25NO4S/c1-15-9-11-17(12-10-15)26(23,24)14-13-20(22)21(3)16(2)18-7-5-6-8-19(18)25-4/h5-12,16H,13-14H2,1-4H3. The fourth-order valence-corrected chi connectivity index (χ4v) is 3.93. The Bertz CT molecular complexity index is 860. The molecule has 5 nitrogen and oxygen atoms in total. The Hall–Kier alpha value is -2.34. The number of benzene rings is 2. The van der Waals surface area contributed by atoms with Gasteiger partial charge in [-0.3, -0.25) is 4.79 Å². The van der Waals surface area contributed by atoms with Crippen LogP contribution in [0.15, 0.2) is 53.4 Å². The maximum atomic E-state index is 12.5. The third-order valence-corrected chi connectivity index (χ3v) is 6.26. The Labute approximate surface area is 155 Å². The van der Waals surface area contributed by atoms with E-state index in [0.29, 0.717) is 5.75 Å². The molecule has 0 saturated carbocycles. The van der Waals surface area contributed by atoms with Crippen molar-refractivity contribution >= 4 is 15.7 Å². The van der Waals surface area contributed by atoms with E-state index in [1.807, 2.05) is 38.1 Å². The van der Waals surface area contributed by atoms with E-state index in [-0.39, 0.29) is 29.0 Å². The topological polar surface area (TPSA) is 63.7 Å². The molecule has 2 aromatic rings. The number of sulfone groups is 1. The minimum absolute atomic E-state index is 0.0633. The number of hydrogen-bond acceptors (Lipinski definition) is 4. The summed E-state index contributed by atoms with van der Waals surface area (Å²) in [6.07, 6.45) is -0.0633. The molecule has 0 spiro atoms. The van der Waals surface area contributed by atoms with Gasteiger partial charge in [-0.25, -0.2) is 8.42 Å². The van der Waals surface area contributed by atoms with Crippen LogP contribution in [-0.4, -0.2) is 39.1 Å². The number of amides is 1. The first kappa shape index (κ1) is 20.0. The van der Waals surface area contributed by atoms with Crippen LogP contribution in [0, 0.1) is 6.92 Å². The smallest absolute Gasteiger partial charge is 0.223 e. The lowest BCUT2D eigenvalue weighted by molar-refractivity contribution is -0.131. The van der Waals surface area contributed by atoms with Crippen LogP contribution in [-0.2, 0) is 14.6 Å². The monoisotopic (exact) mass is 375 g/mol. The summed E-state index contributed by atoms with van der Waals surface area (Å²) in [6, 6.07) is 13.9. The van der Waals surface area contributed by atoms with Crippen molar-refractivity contribution in [1.82, 2.24) is 4.90 Å². The number of rotatable bonds is 7. The molecule has 0 bridgehead atoms. The van der Waals surface area contributed by atoms with Crippen molar-refractivity contribution in [2.75, 3.05) is 19.9 Å². The van der Waals surface area contributed by atoms with Gasteiger partial charge in [-0.05, 0) is 32.0 Å². The zero-order valence-corrected chi connectivity index (χ0v) is 16.4. The summed E-state index contributed by atoms with van der Waals surface area (Å²) in [7, 11) is -0.218. The van der Waals surface area contributed by atoms with E-state index in [9.17, 15) is 13.2 Å². The summed E-state index contributed by atoms with van der Waals surface area (Å²) < 4.78 is 30.2. The summed E-state index contributed by atoms with van der Waals surface area (Å²) in [5, 5.41) is 0. The lowest BCUT2D eigenvalue weighted by Crippen LogP contribution is -2.31. The average molecular weight is 375 g/mol. The highest BCUT2D eigenvalue weighted by molar-refractivity contribution is 7.91. The van der Waals surface area contributed by atoms with Crippen LogP contribution in [0.3, 0.4) is 0 Å². The van der Waals surface area contributed by atoms with Crippen molar-refractivity contribution < 1.29 is 17.9 Å². The number of nitrogens with zero attached hydrogens (tertiary/aromatic N) is 1. The molecule has 0 radical (unpaired) electrons. The molecule has 0 N–H and O–H groups in total. The lowest BCUT2D eigenvalue weighted by Gasteiger charge is -2.26. The molecule has 0 fully saturated rings. The highest BCUT2D eigenvalue weighted by Gasteiger charge is 2.23. The highest BCUT2D eigenvalue weighted by Crippen LogP contribution is 2.28. The average Bonchev–Trinajstić information content (AvgIpc) is 2.65. The fourth-order valence-electron chi connectivity index (χ4n) is 2.70. The van der Waals surface area contributed by atoms with Crippen molar-refractivity contribution in [2.45, 2.75) is 31.2 Å². The normalized spacial score (nSPS) is 12.5. The van der Waals surface area contributed by atoms with Crippen LogP contribution >= 0.6 is 0 Å². The fraction of sp³-hybridized carbons (Fsp3) is 0.350. The second kappa shape index (κ2) is 8.36. The quantitative estimate of drug-likeness (QED) is 0.744. The number of carbonyl (C=O) groups is 1. The molecule has 2 rings (SSSR count). The lowest BCUT2D eigenvalue weighted by atomic mass is 10.1. The van der Waals surface area contributed by atoms with Crippen LogP contribution < -0.4 is 4.74 Å². The van der Waals surface area contributed by atoms with Gasteiger partial charge in [0.25, 0.3) is 0 Å². The zero-order chi connectivity index (χ0) is 19.3. The number of hydrogen-bond donors (Lipinski definition) is 0. The number of ether oxygens (including phenoxy) is 1. The van der Waals surface area contributed by atoms with Gasteiger partial charge in [0.2, 0.25) is 5.91 Å². The zero-order valence-electron chi connectivity index (χ0n) is 15.6. The summed E-state index contributed by atoms with van der Waals surface area (Å²) >= 11 is 0. The molecular formula is C20H25NO4S. The predicted molar refractivity (Wildman–Crippen MR) is 102 cm³/mol. The molecule has 1 amide bonds. The first-order chi connectivity index (χ1) is 12.3. The van der Waals surface area contributed by atoms with E-state index < -0.39 is 9.84 Å². The van der Waals surface area contributed by atoms with Gasteiger partial charge in [0.05, 0.1) is 23.8 Å². The Morgan fingerprint density at radius 3 is 2.35 bits per heavy atom. The molecule has 0 aliphatic carbocycles. The number of aryl methyl sites for hydroxylation is 1. The maximum Gasteiger partial charge on any atom is 0.223 e. The van der Waals surface area contributed by atoms with Gasteiger partial charge in [-0.15, -0.1) is 0 Å². The van der Waals surface area contributed by atoms with Crippen LogP contribution in [0.5, 0.6) is 5.75 Å². The van der Waals surface area contributed by atoms with E-state index in [4.69, 9.17) is 4.74 Å². The maximum absolute atomic E-state index is 12.5. The minimum Gasteiger partial charge on any atom is -0.496 e. The van der Waals surface area contributed by atoms with Gasteiger partial charge in [0.15, 0.2) is 9.84 Å². The van der Waals surface area contributed by atoms with Gasteiger partial charge in [-0.1, -0.05) is 35.9 Å². The van der Waals surface area contributed by atoms with Crippen molar-refractivity contribution in [3.8, 4) is 5.75 Å². The number of para-hydroxylation sites is 1. The van der Waals surface area contributed by atoms with Gasteiger partial charge < -0.3 is 9.64 Å². The molecule has 1 unspecified atom stereocenters. The second-order valence-corrected chi connectivity index (χ2v) is 8.41. The van der Waals surface area contributed by atoms with Gasteiger partial charge in [0, 0.05) is 19.0 Å². The Balaban J connectivity index is 2.05. The van der Waals surface area contributed by atoms with E-state index in [2.05, 4.69) is 0 Å².